The molecule has 1 aliphatic heterocycles. The SMILES string of the molecule is CCN1CCN(c2ccc(NC(=O)CCC(=O)c3cccs3)c(C)c2)CC1. The minimum absolute atomic E-state index is 0.0263. The monoisotopic (exact) mass is 385 g/mol. The number of piperazine rings is 1. The highest BCUT2D eigenvalue weighted by molar-refractivity contribution is 7.12. The quantitative estimate of drug-likeness (QED) is 0.737. The van der Waals surface area contributed by atoms with E-state index in [1.54, 1.807) is 6.07 Å². The summed E-state index contributed by atoms with van der Waals surface area (Å²) in [4.78, 5) is 29.8. The van der Waals surface area contributed by atoms with Crippen LogP contribution in [0.3, 0.4) is 0 Å². The van der Waals surface area contributed by atoms with Crippen molar-refractivity contribution in [2.24, 2.45) is 0 Å². The Hall–Kier alpha value is -2.18. The second kappa shape index (κ2) is 9.15. The zero-order valence-corrected chi connectivity index (χ0v) is 16.8. The number of Topliss-reactive ketones (excluding diaryl/α,β-unsaturated/α-hetero) is 1. The summed E-state index contributed by atoms with van der Waals surface area (Å²) < 4.78 is 0. The van der Waals surface area contributed by atoms with E-state index in [-0.39, 0.29) is 24.5 Å². The topological polar surface area (TPSA) is 52.6 Å². The number of carbonyl (C=O) groups excluding carboxylic acids is 2. The van der Waals surface area contributed by atoms with Crippen LogP contribution in [0.2, 0.25) is 0 Å². The summed E-state index contributed by atoms with van der Waals surface area (Å²) in [5, 5.41) is 4.82. The van der Waals surface area contributed by atoms with Crippen LogP contribution in [-0.4, -0.2) is 49.3 Å². The van der Waals surface area contributed by atoms with Crippen LogP contribution < -0.4 is 10.2 Å². The molecule has 6 heteroatoms. The molecule has 144 valence electrons. The molecule has 0 spiro atoms. The summed E-state index contributed by atoms with van der Waals surface area (Å²) in [6.45, 7) is 9.56. The maximum absolute atomic E-state index is 12.2. The molecule has 3 rings (SSSR count). The summed E-state index contributed by atoms with van der Waals surface area (Å²) >= 11 is 1.42. The molecule has 2 aromatic rings. The van der Waals surface area contributed by atoms with Gasteiger partial charge in [0.2, 0.25) is 5.91 Å². The summed E-state index contributed by atoms with van der Waals surface area (Å²) in [6.07, 6.45) is 0.447. The first-order valence-electron chi connectivity index (χ1n) is 9.51. The van der Waals surface area contributed by atoms with Gasteiger partial charge in [-0.15, -0.1) is 11.3 Å². The Balaban J connectivity index is 1.53. The molecule has 1 amide bonds. The molecule has 0 unspecified atom stereocenters. The number of anilines is 2. The van der Waals surface area contributed by atoms with Gasteiger partial charge >= 0.3 is 0 Å². The highest BCUT2D eigenvalue weighted by Gasteiger charge is 2.17. The van der Waals surface area contributed by atoms with Crippen LogP contribution >= 0.6 is 11.3 Å². The molecule has 0 atom stereocenters. The van der Waals surface area contributed by atoms with Crippen molar-refractivity contribution in [3.8, 4) is 0 Å². The smallest absolute Gasteiger partial charge is 0.224 e. The lowest BCUT2D eigenvalue weighted by Gasteiger charge is -2.35. The molecule has 1 N–H and O–H groups in total. The van der Waals surface area contributed by atoms with Gasteiger partial charge < -0.3 is 15.1 Å². The molecular weight excluding hydrogens is 358 g/mol. The van der Waals surface area contributed by atoms with Crippen molar-refractivity contribution >= 4 is 34.4 Å². The molecule has 1 aromatic heterocycles. The van der Waals surface area contributed by atoms with E-state index in [9.17, 15) is 9.59 Å². The number of hydrogen-bond donors (Lipinski definition) is 1. The lowest BCUT2D eigenvalue weighted by Crippen LogP contribution is -2.46. The van der Waals surface area contributed by atoms with Crippen molar-refractivity contribution in [3.63, 3.8) is 0 Å². The van der Waals surface area contributed by atoms with Gasteiger partial charge in [-0.25, -0.2) is 0 Å². The van der Waals surface area contributed by atoms with E-state index in [2.05, 4.69) is 34.2 Å². The Labute approximate surface area is 165 Å². The first-order chi connectivity index (χ1) is 13.1. The van der Waals surface area contributed by atoms with Crippen LogP contribution in [0.25, 0.3) is 0 Å². The first kappa shape index (κ1) is 19.6. The maximum atomic E-state index is 12.2. The van der Waals surface area contributed by atoms with E-state index < -0.39 is 0 Å². The van der Waals surface area contributed by atoms with Crippen molar-refractivity contribution in [1.29, 1.82) is 0 Å². The van der Waals surface area contributed by atoms with Gasteiger partial charge in [0.25, 0.3) is 0 Å². The number of amides is 1. The van der Waals surface area contributed by atoms with Gasteiger partial charge in [0, 0.05) is 50.4 Å². The predicted octanol–water partition coefficient (Wildman–Crippen LogP) is 3.80. The highest BCUT2D eigenvalue weighted by atomic mass is 32.1. The van der Waals surface area contributed by atoms with E-state index in [0.717, 1.165) is 44.0 Å². The number of nitrogens with zero attached hydrogens (tertiary/aromatic N) is 2. The zero-order valence-electron chi connectivity index (χ0n) is 16.0. The van der Waals surface area contributed by atoms with E-state index in [1.807, 2.05) is 24.4 Å². The third-order valence-electron chi connectivity index (χ3n) is 5.04. The Bertz CT molecular complexity index is 781. The van der Waals surface area contributed by atoms with E-state index >= 15 is 0 Å². The van der Waals surface area contributed by atoms with Crippen molar-refractivity contribution in [2.45, 2.75) is 26.7 Å². The fourth-order valence-electron chi connectivity index (χ4n) is 3.31. The summed E-state index contributed by atoms with van der Waals surface area (Å²) in [5.41, 5.74) is 3.07. The Morgan fingerprint density at radius 1 is 1.11 bits per heavy atom. The van der Waals surface area contributed by atoms with Crippen molar-refractivity contribution < 1.29 is 9.59 Å². The second-order valence-electron chi connectivity index (χ2n) is 6.87. The minimum Gasteiger partial charge on any atom is -0.369 e. The Kier molecular flexibility index (Phi) is 6.63. The molecule has 0 bridgehead atoms. The third kappa shape index (κ3) is 5.17. The van der Waals surface area contributed by atoms with Crippen LogP contribution in [0.5, 0.6) is 0 Å². The normalized spacial score (nSPS) is 15.0. The lowest BCUT2D eigenvalue weighted by atomic mass is 10.1. The Morgan fingerprint density at radius 3 is 2.52 bits per heavy atom. The largest absolute Gasteiger partial charge is 0.369 e. The van der Waals surface area contributed by atoms with Crippen LogP contribution in [0.15, 0.2) is 35.7 Å². The Morgan fingerprint density at radius 2 is 1.89 bits per heavy atom. The number of aryl methyl sites for hydroxylation is 1. The number of ketones is 1. The number of thiophene rings is 1. The second-order valence-corrected chi connectivity index (χ2v) is 7.82. The van der Waals surface area contributed by atoms with Gasteiger partial charge in [-0.2, -0.15) is 0 Å². The van der Waals surface area contributed by atoms with Gasteiger partial charge in [0.1, 0.15) is 0 Å². The van der Waals surface area contributed by atoms with Gasteiger partial charge in [-0.3, -0.25) is 9.59 Å². The zero-order chi connectivity index (χ0) is 19.2. The standard InChI is InChI=1S/C21H27N3O2S/c1-3-23-10-12-24(13-11-23)17-6-7-18(16(2)15-17)22-21(26)9-8-19(25)20-5-4-14-27-20/h4-7,14-15H,3,8-13H2,1-2H3,(H,22,26). The summed E-state index contributed by atoms with van der Waals surface area (Å²) in [5.74, 6) is -0.0919. The number of hydrogen-bond acceptors (Lipinski definition) is 5. The lowest BCUT2D eigenvalue weighted by molar-refractivity contribution is -0.116. The van der Waals surface area contributed by atoms with Gasteiger partial charge in [0.15, 0.2) is 5.78 Å². The fourth-order valence-corrected chi connectivity index (χ4v) is 4.00. The first-order valence-corrected chi connectivity index (χ1v) is 10.4. The minimum atomic E-state index is -0.118. The van der Waals surface area contributed by atoms with Crippen LogP contribution in [0.1, 0.15) is 35.0 Å². The van der Waals surface area contributed by atoms with Gasteiger partial charge in [-0.1, -0.05) is 13.0 Å². The van der Waals surface area contributed by atoms with Crippen LogP contribution in [0, 0.1) is 6.92 Å². The van der Waals surface area contributed by atoms with Gasteiger partial charge in [0.05, 0.1) is 4.88 Å². The van der Waals surface area contributed by atoms with Crippen LogP contribution in [0.4, 0.5) is 11.4 Å². The molecule has 1 saturated heterocycles. The van der Waals surface area contributed by atoms with Crippen molar-refractivity contribution in [3.05, 3.63) is 46.2 Å². The molecular formula is C21H27N3O2S. The van der Waals surface area contributed by atoms with Crippen LogP contribution in [-0.2, 0) is 4.79 Å². The average molecular weight is 386 g/mol. The number of likely N-dealkylation sites (N-methyl/N-ethyl adjacent to an activating group) is 1. The molecule has 1 fully saturated rings. The molecule has 0 aliphatic carbocycles. The molecule has 2 heterocycles. The molecule has 0 radical (unpaired) electrons. The molecule has 5 nitrogen and oxygen atoms in total. The molecule has 27 heavy (non-hydrogen) atoms. The molecule has 1 aromatic carbocycles. The highest BCUT2D eigenvalue weighted by Crippen LogP contribution is 2.24. The van der Waals surface area contributed by atoms with E-state index in [0.29, 0.717) is 4.88 Å². The molecule has 0 saturated carbocycles. The number of benzene rings is 1. The number of nitrogens with one attached hydrogen (secondary N) is 1. The van der Waals surface area contributed by atoms with E-state index in [1.165, 1.54) is 17.0 Å². The fraction of sp³-hybridized carbons (Fsp3) is 0.429. The average Bonchev–Trinajstić information content (AvgIpc) is 3.23. The van der Waals surface area contributed by atoms with Gasteiger partial charge in [-0.05, 0) is 48.7 Å². The van der Waals surface area contributed by atoms with Crippen molar-refractivity contribution in [2.75, 3.05) is 42.9 Å². The third-order valence-corrected chi connectivity index (χ3v) is 5.95. The maximum Gasteiger partial charge on any atom is 0.224 e. The summed E-state index contributed by atoms with van der Waals surface area (Å²) in [6, 6.07) is 9.82. The number of carbonyl (C=O) groups is 2. The molecule has 1 aliphatic rings. The number of rotatable bonds is 7. The summed E-state index contributed by atoms with van der Waals surface area (Å²) in [7, 11) is 0. The predicted molar refractivity (Wildman–Crippen MR) is 112 cm³/mol. The van der Waals surface area contributed by atoms with Crippen molar-refractivity contribution in [1.82, 2.24) is 4.90 Å². The van der Waals surface area contributed by atoms with E-state index in [4.69, 9.17) is 0 Å².